The number of carbonyl (C=O) groups excluding carboxylic acids is 1. The number of H-pyrrole nitrogens is 1. The number of aromatic amines is 1. The zero-order chi connectivity index (χ0) is 19.0. The molecular weight excluding hydrogens is 343 g/mol. The number of aromatic nitrogens is 1. The summed E-state index contributed by atoms with van der Waals surface area (Å²) in [6.07, 6.45) is 1.74. The third-order valence-corrected chi connectivity index (χ3v) is 5.42. The molecule has 1 fully saturated rings. The Hall–Kier alpha value is -2.66. The fourth-order valence-corrected chi connectivity index (χ4v) is 3.75. The first-order valence-electron chi connectivity index (χ1n) is 9.30. The van der Waals surface area contributed by atoms with Gasteiger partial charge in [-0.15, -0.1) is 0 Å². The van der Waals surface area contributed by atoms with Crippen LogP contribution in [0.15, 0.2) is 42.5 Å². The molecule has 2 atom stereocenters. The lowest BCUT2D eigenvalue weighted by Crippen LogP contribution is -2.36. The van der Waals surface area contributed by atoms with Crippen molar-refractivity contribution < 1.29 is 13.9 Å². The van der Waals surface area contributed by atoms with E-state index < -0.39 is 0 Å². The van der Waals surface area contributed by atoms with Crippen molar-refractivity contribution in [3.8, 4) is 0 Å². The van der Waals surface area contributed by atoms with Crippen LogP contribution in [0.2, 0.25) is 0 Å². The van der Waals surface area contributed by atoms with E-state index in [4.69, 9.17) is 4.74 Å². The molecule has 1 aromatic heterocycles. The molecule has 4 nitrogen and oxygen atoms in total. The van der Waals surface area contributed by atoms with Gasteiger partial charge in [0.05, 0.1) is 12.1 Å². The number of carbonyl (C=O) groups is 1. The van der Waals surface area contributed by atoms with Crippen molar-refractivity contribution in [1.82, 2.24) is 10.3 Å². The highest BCUT2D eigenvalue weighted by molar-refractivity contribution is 5.99. The van der Waals surface area contributed by atoms with Crippen LogP contribution in [0.25, 0.3) is 10.9 Å². The maximum absolute atomic E-state index is 13.3. The van der Waals surface area contributed by atoms with Crippen LogP contribution in [0.1, 0.15) is 46.1 Å². The third-order valence-electron chi connectivity index (χ3n) is 5.42. The number of ether oxygens (including phenoxy) is 1. The maximum Gasteiger partial charge on any atom is 0.251 e. The summed E-state index contributed by atoms with van der Waals surface area (Å²) in [5.41, 5.74) is 4.73. The Kier molecular flexibility index (Phi) is 4.70. The first-order chi connectivity index (χ1) is 13.0. The topological polar surface area (TPSA) is 54.1 Å². The Bertz CT molecular complexity index is 972. The van der Waals surface area contributed by atoms with Crippen molar-refractivity contribution in [3.05, 3.63) is 70.7 Å². The normalized spacial score (nSPS) is 18.0. The molecule has 1 aliphatic heterocycles. The van der Waals surface area contributed by atoms with Gasteiger partial charge in [0.1, 0.15) is 5.82 Å². The number of nitrogens with one attached hydrogen (secondary N) is 2. The van der Waals surface area contributed by atoms with Gasteiger partial charge in [0.2, 0.25) is 0 Å². The molecule has 2 aromatic carbocycles. The maximum atomic E-state index is 13.3. The molecule has 0 bridgehead atoms. The van der Waals surface area contributed by atoms with Crippen LogP contribution in [0.5, 0.6) is 0 Å². The molecule has 0 radical (unpaired) electrons. The van der Waals surface area contributed by atoms with Crippen molar-refractivity contribution >= 4 is 16.8 Å². The van der Waals surface area contributed by atoms with Gasteiger partial charge in [-0.3, -0.25) is 4.79 Å². The summed E-state index contributed by atoms with van der Waals surface area (Å²) < 4.78 is 19.1. The molecule has 3 aromatic rings. The lowest BCUT2D eigenvalue weighted by atomic mass is 9.98. The Labute approximate surface area is 157 Å². The number of aryl methyl sites for hydroxylation is 2. The number of hydrogen-bond acceptors (Lipinski definition) is 2. The van der Waals surface area contributed by atoms with Gasteiger partial charge in [0.25, 0.3) is 5.91 Å². The largest absolute Gasteiger partial charge is 0.376 e. The molecule has 1 saturated heterocycles. The van der Waals surface area contributed by atoms with Gasteiger partial charge in [0.15, 0.2) is 0 Å². The minimum Gasteiger partial charge on any atom is -0.376 e. The monoisotopic (exact) mass is 366 g/mol. The number of rotatable bonds is 4. The van der Waals surface area contributed by atoms with Gasteiger partial charge in [-0.2, -0.15) is 0 Å². The van der Waals surface area contributed by atoms with E-state index in [2.05, 4.69) is 10.3 Å². The highest BCUT2D eigenvalue weighted by Gasteiger charge is 2.29. The summed E-state index contributed by atoms with van der Waals surface area (Å²) >= 11 is 0. The van der Waals surface area contributed by atoms with Gasteiger partial charge in [-0.1, -0.05) is 12.1 Å². The van der Waals surface area contributed by atoms with Crippen molar-refractivity contribution in [2.45, 2.75) is 38.8 Å². The minimum atomic E-state index is -0.301. The molecule has 0 saturated carbocycles. The van der Waals surface area contributed by atoms with Crippen LogP contribution in [-0.2, 0) is 4.74 Å². The summed E-state index contributed by atoms with van der Waals surface area (Å²) in [7, 11) is 0. The van der Waals surface area contributed by atoms with Crippen LogP contribution in [0.3, 0.4) is 0 Å². The van der Waals surface area contributed by atoms with Crippen LogP contribution < -0.4 is 5.32 Å². The van der Waals surface area contributed by atoms with Crippen LogP contribution >= 0.6 is 0 Å². The number of benzene rings is 2. The molecule has 1 amide bonds. The fraction of sp³-hybridized carbons (Fsp3) is 0.318. The van der Waals surface area contributed by atoms with Gasteiger partial charge >= 0.3 is 0 Å². The summed E-state index contributed by atoms with van der Waals surface area (Å²) in [4.78, 5) is 16.3. The van der Waals surface area contributed by atoms with Crippen molar-refractivity contribution in [1.29, 1.82) is 0 Å². The summed E-state index contributed by atoms with van der Waals surface area (Å²) in [6.45, 7) is 4.76. The fourth-order valence-electron chi connectivity index (χ4n) is 3.75. The minimum absolute atomic E-state index is 0.0978. The van der Waals surface area contributed by atoms with Gasteiger partial charge in [-0.25, -0.2) is 4.39 Å². The van der Waals surface area contributed by atoms with Gasteiger partial charge < -0.3 is 15.0 Å². The number of amides is 1. The highest BCUT2D eigenvalue weighted by Crippen LogP contribution is 2.28. The number of halogens is 1. The molecule has 4 rings (SSSR count). The molecule has 140 valence electrons. The van der Waals surface area contributed by atoms with E-state index >= 15 is 0 Å². The summed E-state index contributed by atoms with van der Waals surface area (Å²) in [6, 6.07) is 11.6. The van der Waals surface area contributed by atoms with Crippen molar-refractivity contribution in [2.24, 2.45) is 0 Å². The first-order valence-corrected chi connectivity index (χ1v) is 9.30. The molecule has 0 unspecified atom stereocenters. The smallest absolute Gasteiger partial charge is 0.251 e. The van der Waals surface area contributed by atoms with E-state index in [1.807, 2.05) is 32.0 Å². The Morgan fingerprint density at radius 1 is 1.22 bits per heavy atom. The number of hydrogen-bond donors (Lipinski definition) is 2. The van der Waals surface area contributed by atoms with Gasteiger partial charge in [-0.05, 0) is 68.1 Å². The first kappa shape index (κ1) is 17.7. The van der Waals surface area contributed by atoms with E-state index in [9.17, 15) is 9.18 Å². The Morgan fingerprint density at radius 3 is 2.70 bits per heavy atom. The number of fused-ring (bicyclic) bond motifs is 1. The van der Waals surface area contributed by atoms with E-state index in [0.29, 0.717) is 12.2 Å². The predicted octanol–water partition coefficient (Wildman–Crippen LogP) is 4.57. The Balaban J connectivity index is 1.63. The van der Waals surface area contributed by atoms with Crippen LogP contribution in [0, 0.1) is 19.7 Å². The summed E-state index contributed by atoms with van der Waals surface area (Å²) in [5, 5.41) is 4.16. The highest BCUT2D eigenvalue weighted by atomic mass is 19.1. The van der Waals surface area contributed by atoms with Crippen molar-refractivity contribution in [3.63, 3.8) is 0 Å². The zero-order valence-electron chi connectivity index (χ0n) is 15.5. The average Bonchev–Trinajstić information content (AvgIpc) is 3.29. The van der Waals surface area contributed by atoms with Crippen molar-refractivity contribution in [2.75, 3.05) is 6.61 Å². The second-order valence-corrected chi connectivity index (χ2v) is 7.19. The lowest BCUT2D eigenvalue weighted by molar-refractivity contribution is 0.0672. The second-order valence-electron chi connectivity index (χ2n) is 7.19. The van der Waals surface area contributed by atoms with Gasteiger partial charge in [0, 0.05) is 28.8 Å². The van der Waals surface area contributed by atoms with Crippen LogP contribution in [-0.4, -0.2) is 23.6 Å². The molecule has 0 spiro atoms. The molecule has 1 aliphatic rings. The SMILES string of the molecule is Cc1[nH]c2ccc(C(=O)N[C@H](c3ccc(F)cc3)[C@@H]3CCCO3)cc2c1C. The van der Waals surface area contributed by atoms with E-state index in [1.54, 1.807) is 12.1 Å². The van der Waals surface area contributed by atoms with Crippen LogP contribution in [0.4, 0.5) is 4.39 Å². The molecule has 2 N–H and O–H groups in total. The predicted molar refractivity (Wildman–Crippen MR) is 103 cm³/mol. The summed E-state index contributed by atoms with van der Waals surface area (Å²) in [5.74, 6) is -0.445. The average molecular weight is 366 g/mol. The zero-order valence-corrected chi connectivity index (χ0v) is 15.5. The van der Waals surface area contributed by atoms with E-state index in [1.165, 1.54) is 12.1 Å². The third kappa shape index (κ3) is 3.47. The molecular formula is C22H23FN2O2. The molecule has 27 heavy (non-hydrogen) atoms. The van der Waals surface area contributed by atoms with E-state index in [-0.39, 0.29) is 23.9 Å². The molecule has 2 heterocycles. The second kappa shape index (κ2) is 7.16. The molecule has 5 heteroatoms. The standard InChI is InChI=1S/C22H23FN2O2/c1-13-14(2)24-19-10-7-16(12-18(13)19)22(26)25-21(20-4-3-11-27-20)15-5-8-17(23)9-6-15/h5-10,12,20-21,24H,3-4,11H2,1-2H3,(H,25,26)/t20-,21+/m0/s1. The Morgan fingerprint density at radius 2 is 2.00 bits per heavy atom. The van der Waals surface area contributed by atoms with E-state index in [0.717, 1.165) is 40.6 Å². The quantitative estimate of drug-likeness (QED) is 0.710. The lowest BCUT2D eigenvalue weighted by Gasteiger charge is -2.25. The molecule has 0 aliphatic carbocycles.